The summed E-state index contributed by atoms with van der Waals surface area (Å²) < 4.78 is 29.1. The van der Waals surface area contributed by atoms with Crippen LogP contribution in [0.1, 0.15) is 11.1 Å². The van der Waals surface area contributed by atoms with E-state index in [1.54, 1.807) is 25.3 Å². The highest BCUT2D eigenvalue weighted by atomic mass is 32.2. The summed E-state index contributed by atoms with van der Waals surface area (Å²) in [5, 5.41) is 0. The minimum atomic E-state index is -3.78. The monoisotopic (exact) mass is 263 g/mol. The smallest absolute Gasteiger partial charge is 0.339 e. The van der Waals surface area contributed by atoms with Crippen LogP contribution < -0.4 is 4.18 Å². The van der Waals surface area contributed by atoms with Crippen LogP contribution in [0.15, 0.2) is 47.6 Å². The molecular weight excluding hydrogens is 250 g/mol. The van der Waals surface area contributed by atoms with Gasteiger partial charge in [-0.25, -0.2) is 0 Å². The number of pyridine rings is 1. The van der Waals surface area contributed by atoms with Crippen LogP contribution in [0.3, 0.4) is 0 Å². The standard InChI is InChI=1S/C13H13NO3S/c1-10-3-5-12(6-4-10)18(15,16)17-13-7-8-14-9-11(13)2/h3-9H,1-2H3. The van der Waals surface area contributed by atoms with Crippen LogP contribution in [0.4, 0.5) is 0 Å². The molecule has 0 radical (unpaired) electrons. The fraction of sp³-hybridized carbons (Fsp3) is 0.154. The molecule has 5 heteroatoms. The van der Waals surface area contributed by atoms with E-state index in [-0.39, 0.29) is 4.90 Å². The lowest BCUT2D eigenvalue weighted by molar-refractivity contribution is 0.484. The van der Waals surface area contributed by atoms with E-state index < -0.39 is 10.1 Å². The van der Waals surface area contributed by atoms with Crippen molar-refractivity contribution in [3.63, 3.8) is 0 Å². The zero-order valence-electron chi connectivity index (χ0n) is 10.1. The summed E-state index contributed by atoms with van der Waals surface area (Å²) in [5.41, 5.74) is 1.67. The molecule has 0 fully saturated rings. The Balaban J connectivity index is 2.33. The Morgan fingerprint density at radius 3 is 2.33 bits per heavy atom. The molecule has 1 heterocycles. The third-order valence-electron chi connectivity index (χ3n) is 2.48. The van der Waals surface area contributed by atoms with Gasteiger partial charge < -0.3 is 4.18 Å². The molecule has 18 heavy (non-hydrogen) atoms. The first-order valence-electron chi connectivity index (χ1n) is 5.41. The normalized spacial score (nSPS) is 11.2. The van der Waals surface area contributed by atoms with Gasteiger partial charge in [0.2, 0.25) is 0 Å². The minimum absolute atomic E-state index is 0.143. The molecule has 0 N–H and O–H groups in total. The molecule has 0 aliphatic carbocycles. The van der Waals surface area contributed by atoms with E-state index >= 15 is 0 Å². The molecule has 0 saturated carbocycles. The molecule has 1 aromatic heterocycles. The van der Waals surface area contributed by atoms with Gasteiger partial charge in [-0.05, 0) is 26.0 Å². The number of hydrogen-bond donors (Lipinski definition) is 0. The topological polar surface area (TPSA) is 56.3 Å². The van der Waals surface area contributed by atoms with E-state index in [1.165, 1.54) is 24.4 Å². The number of rotatable bonds is 3. The first-order valence-corrected chi connectivity index (χ1v) is 6.81. The van der Waals surface area contributed by atoms with E-state index in [0.29, 0.717) is 11.3 Å². The first-order chi connectivity index (χ1) is 8.49. The van der Waals surface area contributed by atoms with Gasteiger partial charge in [0.25, 0.3) is 0 Å². The van der Waals surface area contributed by atoms with E-state index in [4.69, 9.17) is 4.18 Å². The lowest BCUT2D eigenvalue weighted by Gasteiger charge is -2.08. The summed E-state index contributed by atoms with van der Waals surface area (Å²) in [6.45, 7) is 3.64. The molecule has 94 valence electrons. The molecule has 0 spiro atoms. The van der Waals surface area contributed by atoms with Crippen molar-refractivity contribution in [1.29, 1.82) is 0 Å². The summed E-state index contributed by atoms with van der Waals surface area (Å²) >= 11 is 0. The van der Waals surface area contributed by atoms with Crippen LogP contribution in [0, 0.1) is 13.8 Å². The minimum Gasteiger partial charge on any atom is -0.379 e. The lowest BCUT2D eigenvalue weighted by atomic mass is 10.2. The average molecular weight is 263 g/mol. The van der Waals surface area contributed by atoms with Crippen LogP contribution in [0.5, 0.6) is 5.75 Å². The highest BCUT2D eigenvalue weighted by molar-refractivity contribution is 7.87. The molecule has 2 rings (SSSR count). The fourth-order valence-electron chi connectivity index (χ4n) is 1.43. The molecule has 1 aromatic carbocycles. The Hall–Kier alpha value is -1.88. The van der Waals surface area contributed by atoms with Gasteiger partial charge in [0.05, 0.1) is 0 Å². The van der Waals surface area contributed by atoms with E-state index in [2.05, 4.69) is 4.98 Å². The van der Waals surface area contributed by atoms with Crippen molar-refractivity contribution >= 4 is 10.1 Å². The van der Waals surface area contributed by atoms with Gasteiger partial charge in [-0.2, -0.15) is 8.42 Å². The summed E-state index contributed by atoms with van der Waals surface area (Å²) in [7, 11) is -3.78. The maximum atomic E-state index is 12.0. The Bertz CT molecular complexity index is 648. The second-order valence-electron chi connectivity index (χ2n) is 3.99. The summed E-state index contributed by atoms with van der Waals surface area (Å²) in [5.74, 6) is 0.297. The van der Waals surface area contributed by atoms with Crippen LogP contribution in [-0.4, -0.2) is 13.4 Å². The molecule has 0 bridgehead atoms. The average Bonchev–Trinajstić information content (AvgIpc) is 2.32. The van der Waals surface area contributed by atoms with Crippen LogP contribution in [-0.2, 0) is 10.1 Å². The van der Waals surface area contributed by atoms with Gasteiger partial charge in [0.1, 0.15) is 10.6 Å². The maximum absolute atomic E-state index is 12.0. The second-order valence-corrected chi connectivity index (χ2v) is 5.54. The highest BCUT2D eigenvalue weighted by Gasteiger charge is 2.17. The van der Waals surface area contributed by atoms with Crippen molar-refractivity contribution < 1.29 is 12.6 Å². The molecule has 2 aromatic rings. The molecule has 0 saturated heterocycles. The summed E-state index contributed by atoms with van der Waals surface area (Å²) in [6, 6.07) is 8.05. The quantitative estimate of drug-likeness (QED) is 0.798. The van der Waals surface area contributed by atoms with E-state index in [9.17, 15) is 8.42 Å². The third kappa shape index (κ3) is 2.68. The zero-order chi connectivity index (χ0) is 13.2. The number of aromatic nitrogens is 1. The number of benzene rings is 1. The van der Waals surface area contributed by atoms with Crippen LogP contribution >= 0.6 is 0 Å². The number of nitrogens with zero attached hydrogens (tertiary/aromatic N) is 1. The molecule has 0 amide bonds. The largest absolute Gasteiger partial charge is 0.379 e. The SMILES string of the molecule is Cc1ccc(S(=O)(=O)Oc2ccncc2C)cc1. The highest BCUT2D eigenvalue weighted by Crippen LogP contribution is 2.21. The molecule has 0 unspecified atom stereocenters. The Labute approximate surface area is 106 Å². The van der Waals surface area contributed by atoms with Crippen molar-refractivity contribution in [3.05, 3.63) is 53.9 Å². The van der Waals surface area contributed by atoms with E-state index in [0.717, 1.165) is 5.56 Å². The predicted molar refractivity (Wildman–Crippen MR) is 68.0 cm³/mol. The van der Waals surface area contributed by atoms with E-state index in [1.807, 2.05) is 6.92 Å². The molecule has 0 aliphatic rings. The first kappa shape index (κ1) is 12.6. The Kier molecular flexibility index (Phi) is 3.34. The number of hydrogen-bond acceptors (Lipinski definition) is 4. The lowest BCUT2D eigenvalue weighted by Crippen LogP contribution is -2.10. The zero-order valence-corrected chi connectivity index (χ0v) is 10.9. The number of aryl methyl sites for hydroxylation is 2. The molecule has 4 nitrogen and oxygen atoms in total. The van der Waals surface area contributed by atoms with Crippen LogP contribution in [0.25, 0.3) is 0 Å². The maximum Gasteiger partial charge on any atom is 0.339 e. The summed E-state index contributed by atoms with van der Waals surface area (Å²) in [4.78, 5) is 4.03. The second kappa shape index (κ2) is 4.78. The molecule has 0 atom stereocenters. The van der Waals surface area contributed by atoms with Crippen molar-refractivity contribution in [2.45, 2.75) is 18.7 Å². The van der Waals surface area contributed by atoms with Gasteiger partial charge in [-0.3, -0.25) is 4.98 Å². The van der Waals surface area contributed by atoms with Crippen molar-refractivity contribution in [3.8, 4) is 5.75 Å². The van der Waals surface area contributed by atoms with Crippen LogP contribution in [0.2, 0.25) is 0 Å². The van der Waals surface area contributed by atoms with Gasteiger partial charge in [-0.15, -0.1) is 0 Å². The summed E-state index contributed by atoms with van der Waals surface area (Å²) in [6.07, 6.45) is 3.05. The van der Waals surface area contributed by atoms with Gasteiger partial charge in [0.15, 0.2) is 0 Å². The van der Waals surface area contributed by atoms with Crippen molar-refractivity contribution in [2.24, 2.45) is 0 Å². The van der Waals surface area contributed by atoms with Gasteiger partial charge in [-0.1, -0.05) is 17.7 Å². The molecular formula is C13H13NO3S. The Morgan fingerprint density at radius 2 is 1.72 bits per heavy atom. The van der Waals surface area contributed by atoms with Crippen molar-refractivity contribution in [2.75, 3.05) is 0 Å². The van der Waals surface area contributed by atoms with Gasteiger partial charge in [0, 0.05) is 24.0 Å². The fourth-order valence-corrected chi connectivity index (χ4v) is 2.41. The molecule has 0 aliphatic heterocycles. The third-order valence-corrected chi connectivity index (χ3v) is 3.73. The van der Waals surface area contributed by atoms with Gasteiger partial charge >= 0.3 is 10.1 Å². The Morgan fingerprint density at radius 1 is 1.06 bits per heavy atom. The van der Waals surface area contributed by atoms with Crippen molar-refractivity contribution in [1.82, 2.24) is 4.98 Å². The predicted octanol–water partition coefficient (Wildman–Crippen LogP) is 2.47.